The zero-order valence-corrected chi connectivity index (χ0v) is 6.62. The molecule has 0 saturated heterocycles. The van der Waals surface area contributed by atoms with Gasteiger partial charge in [-0.25, -0.2) is 0 Å². The van der Waals surface area contributed by atoms with E-state index in [0.29, 0.717) is 12.3 Å². The van der Waals surface area contributed by atoms with Gasteiger partial charge in [-0.1, -0.05) is 0 Å². The summed E-state index contributed by atoms with van der Waals surface area (Å²) in [7, 11) is 0. The number of hydrogen-bond donors (Lipinski definition) is 1. The van der Waals surface area contributed by atoms with Crippen molar-refractivity contribution in [2.75, 3.05) is 0 Å². The van der Waals surface area contributed by atoms with Crippen molar-refractivity contribution < 1.29 is 9.90 Å². The van der Waals surface area contributed by atoms with Crippen molar-refractivity contribution in [2.45, 2.75) is 32.1 Å². The SMILES string of the molecule is O=C(O)C[C@@H]1CC[C@H]2C[C@@H]2C1. The van der Waals surface area contributed by atoms with Gasteiger partial charge in [0.2, 0.25) is 0 Å². The Hall–Kier alpha value is -0.530. The van der Waals surface area contributed by atoms with E-state index in [1.807, 2.05) is 0 Å². The average Bonchev–Trinajstić information content (AvgIpc) is 2.63. The van der Waals surface area contributed by atoms with Gasteiger partial charge in [-0.3, -0.25) is 4.79 Å². The maximum absolute atomic E-state index is 10.4. The Labute approximate surface area is 66.6 Å². The summed E-state index contributed by atoms with van der Waals surface area (Å²) in [6.07, 6.45) is 5.44. The van der Waals surface area contributed by atoms with Crippen molar-refractivity contribution >= 4 is 5.97 Å². The highest BCUT2D eigenvalue weighted by molar-refractivity contribution is 5.67. The monoisotopic (exact) mass is 154 g/mol. The molecule has 2 fully saturated rings. The third-order valence-electron chi connectivity index (χ3n) is 3.11. The van der Waals surface area contributed by atoms with Gasteiger partial charge in [0.05, 0.1) is 0 Å². The van der Waals surface area contributed by atoms with Crippen LogP contribution in [0.1, 0.15) is 32.1 Å². The smallest absolute Gasteiger partial charge is 0.303 e. The second kappa shape index (κ2) is 2.50. The summed E-state index contributed by atoms with van der Waals surface area (Å²) in [6.45, 7) is 0. The number of hydrogen-bond acceptors (Lipinski definition) is 1. The van der Waals surface area contributed by atoms with Gasteiger partial charge in [0.15, 0.2) is 0 Å². The van der Waals surface area contributed by atoms with Crippen LogP contribution in [0.25, 0.3) is 0 Å². The predicted octanol–water partition coefficient (Wildman–Crippen LogP) is 1.90. The largest absolute Gasteiger partial charge is 0.481 e. The maximum atomic E-state index is 10.4. The van der Waals surface area contributed by atoms with Crippen LogP contribution in [0.3, 0.4) is 0 Å². The summed E-state index contributed by atoms with van der Waals surface area (Å²) >= 11 is 0. The molecule has 1 N–H and O–H groups in total. The average molecular weight is 154 g/mol. The van der Waals surface area contributed by atoms with Crippen molar-refractivity contribution in [3.05, 3.63) is 0 Å². The molecule has 0 radical (unpaired) electrons. The molecule has 2 rings (SSSR count). The van der Waals surface area contributed by atoms with Gasteiger partial charge < -0.3 is 5.11 Å². The fourth-order valence-electron chi connectivity index (χ4n) is 2.38. The molecule has 11 heavy (non-hydrogen) atoms. The highest BCUT2D eigenvalue weighted by atomic mass is 16.4. The molecule has 2 aliphatic carbocycles. The first-order chi connectivity index (χ1) is 5.25. The second-order valence-corrected chi connectivity index (χ2v) is 4.03. The van der Waals surface area contributed by atoms with E-state index in [2.05, 4.69) is 0 Å². The molecule has 2 nitrogen and oxygen atoms in total. The lowest BCUT2D eigenvalue weighted by molar-refractivity contribution is -0.138. The van der Waals surface area contributed by atoms with Crippen LogP contribution in [-0.2, 0) is 4.79 Å². The molecule has 2 saturated carbocycles. The van der Waals surface area contributed by atoms with E-state index in [1.54, 1.807) is 0 Å². The molecule has 0 aromatic heterocycles. The van der Waals surface area contributed by atoms with Crippen LogP contribution in [0.4, 0.5) is 0 Å². The number of aliphatic carboxylic acids is 1. The van der Waals surface area contributed by atoms with Gasteiger partial charge in [-0.15, -0.1) is 0 Å². The molecular formula is C9H14O2. The summed E-state index contributed by atoms with van der Waals surface area (Å²) in [5.74, 6) is 1.78. The highest BCUT2D eigenvalue weighted by Crippen LogP contribution is 2.51. The lowest BCUT2D eigenvalue weighted by atomic mass is 9.87. The van der Waals surface area contributed by atoms with Crippen molar-refractivity contribution in [3.8, 4) is 0 Å². The van der Waals surface area contributed by atoms with Crippen LogP contribution in [-0.4, -0.2) is 11.1 Å². The first-order valence-corrected chi connectivity index (χ1v) is 4.47. The molecular weight excluding hydrogens is 140 g/mol. The summed E-state index contributed by atoms with van der Waals surface area (Å²) in [5.41, 5.74) is 0. The molecule has 2 aliphatic rings. The Bertz CT molecular complexity index is 176. The normalized spacial score (nSPS) is 41.3. The maximum Gasteiger partial charge on any atom is 0.303 e. The number of fused-ring (bicyclic) bond motifs is 1. The Morgan fingerprint density at radius 2 is 2.09 bits per heavy atom. The molecule has 3 atom stereocenters. The second-order valence-electron chi connectivity index (χ2n) is 4.03. The molecule has 0 bridgehead atoms. The molecule has 0 aliphatic heterocycles. The number of carboxylic acids is 1. The van der Waals surface area contributed by atoms with Gasteiger partial charge >= 0.3 is 5.97 Å². The van der Waals surface area contributed by atoms with E-state index in [1.165, 1.54) is 19.3 Å². The minimum Gasteiger partial charge on any atom is -0.481 e. The molecule has 0 amide bonds. The summed E-state index contributed by atoms with van der Waals surface area (Å²) in [5, 5.41) is 8.57. The zero-order valence-electron chi connectivity index (χ0n) is 6.62. The third-order valence-corrected chi connectivity index (χ3v) is 3.11. The Kier molecular flexibility index (Phi) is 1.63. The van der Waals surface area contributed by atoms with Gasteiger partial charge in [0, 0.05) is 6.42 Å². The minimum atomic E-state index is -0.617. The predicted molar refractivity (Wildman–Crippen MR) is 41.2 cm³/mol. The Morgan fingerprint density at radius 1 is 1.27 bits per heavy atom. The molecule has 0 aromatic carbocycles. The molecule has 0 heterocycles. The summed E-state index contributed by atoms with van der Waals surface area (Å²) in [4.78, 5) is 10.4. The van der Waals surface area contributed by atoms with E-state index >= 15 is 0 Å². The number of carboxylic acid groups (broad SMARTS) is 1. The fourth-order valence-corrected chi connectivity index (χ4v) is 2.38. The van der Waals surface area contributed by atoms with Crippen LogP contribution in [0.2, 0.25) is 0 Å². The lowest BCUT2D eigenvalue weighted by Gasteiger charge is -2.18. The molecule has 2 heteroatoms. The van der Waals surface area contributed by atoms with E-state index in [9.17, 15) is 4.79 Å². The van der Waals surface area contributed by atoms with Gasteiger partial charge in [-0.2, -0.15) is 0 Å². The van der Waals surface area contributed by atoms with Crippen molar-refractivity contribution in [3.63, 3.8) is 0 Å². The van der Waals surface area contributed by atoms with Gasteiger partial charge in [-0.05, 0) is 43.4 Å². The quantitative estimate of drug-likeness (QED) is 0.659. The molecule has 0 spiro atoms. The van der Waals surface area contributed by atoms with E-state index in [0.717, 1.165) is 18.3 Å². The standard InChI is InChI=1S/C9H14O2/c10-9(11)4-6-1-2-7-5-8(7)3-6/h6-8H,1-5H2,(H,10,11)/t6-,7+,8+/m1/s1. The molecule has 62 valence electrons. The Balaban J connectivity index is 1.81. The van der Waals surface area contributed by atoms with Crippen molar-refractivity contribution in [2.24, 2.45) is 17.8 Å². The third kappa shape index (κ3) is 1.55. The number of carbonyl (C=O) groups is 1. The van der Waals surface area contributed by atoms with Gasteiger partial charge in [0.25, 0.3) is 0 Å². The van der Waals surface area contributed by atoms with Crippen LogP contribution >= 0.6 is 0 Å². The van der Waals surface area contributed by atoms with Crippen molar-refractivity contribution in [1.82, 2.24) is 0 Å². The van der Waals surface area contributed by atoms with Gasteiger partial charge in [0.1, 0.15) is 0 Å². The molecule has 0 aromatic rings. The van der Waals surface area contributed by atoms with Crippen LogP contribution in [0, 0.1) is 17.8 Å². The lowest BCUT2D eigenvalue weighted by Crippen LogP contribution is -2.12. The topological polar surface area (TPSA) is 37.3 Å². The molecule has 0 unspecified atom stereocenters. The van der Waals surface area contributed by atoms with Crippen LogP contribution in [0.15, 0.2) is 0 Å². The van der Waals surface area contributed by atoms with E-state index in [-0.39, 0.29) is 0 Å². The first kappa shape index (κ1) is 7.14. The fraction of sp³-hybridized carbons (Fsp3) is 0.889. The van der Waals surface area contributed by atoms with Crippen molar-refractivity contribution in [1.29, 1.82) is 0 Å². The summed E-state index contributed by atoms with van der Waals surface area (Å²) < 4.78 is 0. The zero-order chi connectivity index (χ0) is 7.84. The minimum absolute atomic E-state index is 0.406. The summed E-state index contributed by atoms with van der Waals surface area (Å²) in [6, 6.07) is 0. The highest BCUT2D eigenvalue weighted by Gasteiger charge is 2.42. The number of rotatable bonds is 2. The van der Waals surface area contributed by atoms with Crippen LogP contribution < -0.4 is 0 Å². The van der Waals surface area contributed by atoms with Crippen LogP contribution in [0.5, 0.6) is 0 Å². The Morgan fingerprint density at radius 3 is 2.73 bits per heavy atom. The van der Waals surface area contributed by atoms with E-state index in [4.69, 9.17) is 5.11 Å². The first-order valence-electron chi connectivity index (χ1n) is 4.47. The van der Waals surface area contributed by atoms with E-state index < -0.39 is 5.97 Å².